The Bertz CT molecular complexity index is 1610. The standard InChI is InChI=1S/C35H40O8S2/c1-40-26-15-27-30-23-12-18(22-13-19(36)9-10-21(22)29(23)26)8-7-17-5-4-6-20(11-17)45-44-16-25(30)32(38)34(43-27)24-14-28(41-2)33(39)35(42-3)31(24)37/h9-10,13-15,17-18,20,25,32,34,36-39H,4-8,11-12,16H2,1-3H3. The lowest BCUT2D eigenvalue weighted by Crippen LogP contribution is -2.37. The normalized spacial score (nSPS) is 27.1. The smallest absolute Gasteiger partial charge is 0.207 e. The minimum atomic E-state index is -1.02. The Kier molecular flexibility index (Phi) is 8.33. The van der Waals surface area contributed by atoms with Crippen LogP contribution in [0.1, 0.15) is 78.7 Å². The van der Waals surface area contributed by atoms with Crippen LogP contribution in [-0.4, -0.2) is 58.9 Å². The lowest BCUT2D eigenvalue weighted by Gasteiger charge is -2.41. The summed E-state index contributed by atoms with van der Waals surface area (Å²) in [5.41, 5.74) is 5.55. The van der Waals surface area contributed by atoms with Gasteiger partial charge in [-0.3, -0.25) is 0 Å². The number of hydrogen-bond acceptors (Lipinski definition) is 10. The van der Waals surface area contributed by atoms with Crippen molar-refractivity contribution in [3.8, 4) is 51.4 Å². The lowest BCUT2D eigenvalue weighted by atomic mass is 9.71. The lowest BCUT2D eigenvalue weighted by molar-refractivity contribution is 0.00299. The van der Waals surface area contributed by atoms with Gasteiger partial charge in [-0.15, -0.1) is 0 Å². The molecule has 4 N–H and O–H groups in total. The number of benzene rings is 3. The Morgan fingerprint density at radius 2 is 1.69 bits per heavy atom. The average Bonchev–Trinajstić information content (AvgIpc) is 3.05. The monoisotopic (exact) mass is 652 g/mol. The first-order chi connectivity index (χ1) is 21.8. The summed E-state index contributed by atoms with van der Waals surface area (Å²) in [6.45, 7) is 0. The van der Waals surface area contributed by atoms with Crippen molar-refractivity contribution in [1.29, 1.82) is 0 Å². The van der Waals surface area contributed by atoms with E-state index in [0.29, 0.717) is 28.4 Å². The maximum Gasteiger partial charge on any atom is 0.207 e. The zero-order valence-electron chi connectivity index (χ0n) is 25.7. The average molecular weight is 653 g/mol. The van der Waals surface area contributed by atoms with Crippen LogP contribution in [0.3, 0.4) is 0 Å². The summed E-state index contributed by atoms with van der Waals surface area (Å²) in [6, 6.07) is 9.05. The predicted octanol–water partition coefficient (Wildman–Crippen LogP) is 7.45. The van der Waals surface area contributed by atoms with Gasteiger partial charge in [0.15, 0.2) is 17.6 Å². The van der Waals surface area contributed by atoms with Crippen LogP contribution in [0.4, 0.5) is 0 Å². The van der Waals surface area contributed by atoms with Crippen LogP contribution in [0.15, 0.2) is 30.3 Å². The van der Waals surface area contributed by atoms with E-state index in [0.717, 1.165) is 47.1 Å². The fourth-order valence-corrected chi connectivity index (χ4v) is 11.2. The van der Waals surface area contributed by atoms with Gasteiger partial charge < -0.3 is 39.4 Å². The van der Waals surface area contributed by atoms with Crippen molar-refractivity contribution in [3.63, 3.8) is 0 Å². The summed E-state index contributed by atoms with van der Waals surface area (Å²) >= 11 is 0. The van der Waals surface area contributed by atoms with Gasteiger partial charge in [-0.1, -0.05) is 40.5 Å². The van der Waals surface area contributed by atoms with E-state index in [1.54, 1.807) is 13.2 Å². The molecular formula is C35H40O8S2. The number of phenolic OH excluding ortho intramolecular Hbond substituents is 3. The number of rotatable bonds is 4. The van der Waals surface area contributed by atoms with E-state index >= 15 is 0 Å². The number of fused-ring (bicyclic) bond motifs is 6. The molecule has 3 aromatic rings. The number of aromatic hydroxyl groups is 3. The molecule has 240 valence electrons. The molecule has 1 fully saturated rings. The second kappa shape index (κ2) is 12.3. The molecule has 0 radical (unpaired) electrons. The molecule has 7 rings (SSSR count). The summed E-state index contributed by atoms with van der Waals surface area (Å²) in [5.74, 6) is 2.12. The summed E-state index contributed by atoms with van der Waals surface area (Å²) < 4.78 is 23.4. The Hall–Kier alpha value is -3.08. The van der Waals surface area contributed by atoms with Gasteiger partial charge in [0, 0.05) is 39.7 Å². The third-order valence-corrected chi connectivity index (χ3v) is 13.2. The maximum absolute atomic E-state index is 12.2. The molecular weight excluding hydrogens is 613 g/mol. The summed E-state index contributed by atoms with van der Waals surface area (Å²) in [7, 11) is 8.18. The molecule has 10 heteroatoms. The van der Waals surface area contributed by atoms with E-state index < -0.39 is 12.2 Å². The molecule has 2 heterocycles. The molecule has 4 bridgehead atoms. The van der Waals surface area contributed by atoms with Crippen LogP contribution in [0.2, 0.25) is 0 Å². The molecule has 1 saturated carbocycles. The number of aliphatic hydroxyl groups excluding tert-OH is 1. The molecule has 0 aromatic heterocycles. The number of ether oxygens (including phenoxy) is 4. The molecule has 2 aliphatic heterocycles. The SMILES string of the molecule is COc1cc(C2Oc3cc(OC)c4c5c3C(CSSC3CCCC(CCC(C5)c5cc(O)ccc5-4)C3)C2O)c(O)c(OC)c1O. The van der Waals surface area contributed by atoms with Crippen molar-refractivity contribution in [1.82, 2.24) is 0 Å². The summed E-state index contributed by atoms with van der Waals surface area (Å²) in [4.78, 5) is 0. The van der Waals surface area contributed by atoms with Crippen molar-refractivity contribution < 1.29 is 39.4 Å². The number of phenols is 3. The van der Waals surface area contributed by atoms with E-state index in [-0.39, 0.29) is 46.1 Å². The van der Waals surface area contributed by atoms with E-state index in [4.69, 9.17) is 18.9 Å². The van der Waals surface area contributed by atoms with Crippen molar-refractivity contribution in [2.45, 2.75) is 74.2 Å². The van der Waals surface area contributed by atoms with Gasteiger partial charge in [0.2, 0.25) is 11.5 Å². The van der Waals surface area contributed by atoms with Crippen molar-refractivity contribution >= 4 is 21.6 Å². The Balaban J connectivity index is 1.42. The van der Waals surface area contributed by atoms with Gasteiger partial charge in [0.25, 0.3) is 0 Å². The first-order valence-electron chi connectivity index (χ1n) is 15.7. The zero-order chi connectivity index (χ0) is 31.4. The van der Waals surface area contributed by atoms with Gasteiger partial charge in [0.05, 0.1) is 21.3 Å². The second-order valence-electron chi connectivity index (χ2n) is 12.7. The predicted molar refractivity (Wildman–Crippen MR) is 177 cm³/mol. The van der Waals surface area contributed by atoms with Gasteiger partial charge in [-0.2, -0.15) is 0 Å². The molecule has 0 saturated heterocycles. The highest BCUT2D eigenvalue weighted by Gasteiger charge is 2.45. The number of hydrogen-bond donors (Lipinski definition) is 4. The number of methoxy groups -OCH3 is 3. The Morgan fingerprint density at radius 1 is 0.867 bits per heavy atom. The molecule has 4 aliphatic rings. The van der Waals surface area contributed by atoms with E-state index in [1.807, 2.05) is 39.8 Å². The van der Waals surface area contributed by atoms with Crippen LogP contribution in [0.5, 0.6) is 40.2 Å². The van der Waals surface area contributed by atoms with E-state index in [1.165, 1.54) is 46.0 Å². The number of aliphatic hydroxyl groups is 1. The first kappa shape index (κ1) is 30.6. The Morgan fingerprint density at radius 3 is 2.47 bits per heavy atom. The zero-order valence-corrected chi connectivity index (χ0v) is 27.4. The first-order valence-corrected chi connectivity index (χ1v) is 18.1. The fourth-order valence-electron chi connectivity index (χ4n) is 8.06. The van der Waals surface area contributed by atoms with Crippen molar-refractivity contribution in [2.24, 2.45) is 5.92 Å². The highest BCUT2D eigenvalue weighted by atomic mass is 33.1. The Labute approximate surface area is 271 Å². The van der Waals surface area contributed by atoms with Gasteiger partial charge >= 0.3 is 0 Å². The second-order valence-corrected chi connectivity index (χ2v) is 15.4. The van der Waals surface area contributed by atoms with Crippen LogP contribution >= 0.6 is 21.6 Å². The minimum absolute atomic E-state index is 0.110. The molecule has 0 amide bonds. The van der Waals surface area contributed by atoms with Crippen LogP contribution < -0.4 is 18.9 Å². The summed E-state index contributed by atoms with van der Waals surface area (Å²) in [6.07, 6.45) is 5.86. The molecule has 45 heavy (non-hydrogen) atoms. The highest BCUT2D eigenvalue weighted by molar-refractivity contribution is 8.76. The van der Waals surface area contributed by atoms with Gasteiger partial charge in [0.1, 0.15) is 23.4 Å². The molecule has 0 spiro atoms. The molecule has 6 atom stereocenters. The minimum Gasteiger partial charge on any atom is -0.508 e. The van der Waals surface area contributed by atoms with E-state index in [9.17, 15) is 20.4 Å². The van der Waals surface area contributed by atoms with E-state index in [2.05, 4.69) is 0 Å². The van der Waals surface area contributed by atoms with Gasteiger partial charge in [-0.25, -0.2) is 0 Å². The molecule has 8 nitrogen and oxygen atoms in total. The largest absolute Gasteiger partial charge is 0.508 e. The third-order valence-electron chi connectivity index (χ3n) is 10.2. The van der Waals surface area contributed by atoms with Crippen LogP contribution in [0, 0.1) is 5.92 Å². The van der Waals surface area contributed by atoms with Crippen LogP contribution in [0.25, 0.3) is 11.1 Å². The maximum atomic E-state index is 12.2. The third kappa shape index (κ3) is 5.22. The topological polar surface area (TPSA) is 118 Å². The molecule has 3 aromatic carbocycles. The fraction of sp³-hybridized carbons (Fsp3) is 0.486. The highest BCUT2D eigenvalue weighted by Crippen LogP contribution is 2.58. The van der Waals surface area contributed by atoms with Crippen molar-refractivity contribution in [2.75, 3.05) is 27.1 Å². The van der Waals surface area contributed by atoms with Gasteiger partial charge in [-0.05, 0) is 78.8 Å². The molecule has 2 aliphatic carbocycles. The quantitative estimate of drug-likeness (QED) is 0.212. The van der Waals surface area contributed by atoms with Crippen LogP contribution in [-0.2, 0) is 6.42 Å². The molecule has 6 unspecified atom stereocenters. The summed E-state index contributed by atoms with van der Waals surface area (Å²) in [5, 5.41) is 45.2. The van der Waals surface area contributed by atoms with Crippen molar-refractivity contribution in [3.05, 3.63) is 52.6 Å².